The second-order valence-electron chi connectivity index (χ2n) is 5.02. The van der Waals surface area contributed by atoms with Gasteiger partial charge in [0.05, 0.1) is 0 Å². The Morgan fingerprint density at radius 3 is 2.59 bits per heavy atom. The molecule has 0 N–H and O–H groups in total. The predicted octanol–water partition coefficient (Wildman–Crippen LogP) is 3.25. The largest absolute Gasteiger partial charge is 0.492 e. The summed E-state index contributed by atoms with van der Waals surface area (Å²) < 4.78 is 5.91. The average molecular weight is 233 g/mol. The molecule has 0 spiro atoms. The van der Waals surface area contributed by atoms with Crippen molar-refractivity contribution >= 4 is 0 Å². The molecule has 1 unspecified atom stereocenters. The molecule has 1 atom stereocenters. The van der Waals surface area contributed by atoms with Crippen molar-refractivity contribution in [1.82, 2.24) is 4.90 Å². The predicted molar refractivity (Wildman–Crippen MR) is 71.6 cm³/mol. The first kappa shape index (κ1) is 12.4. The normalized spacial score (nSPS) is 18.9. The highest BCUT2D eigenvalue weighted by Gasteiger charge is 2.17. The molecule has 1 saturated heterocycles. The lowest BCUT2D eigenvalue weighted by Gasteiger charge is -2.32. The zero-order chi connectivity index (χ0) is 12.1. The third-order valence-electron chi connectivity index (χ3n) is 3.59. The van der Waals surface area contributed by atoms with Gasteiger partial charge in [0, 0.05) is 6.04 Å². The van der Waals surface area contributed by atoms with Crippen LogP contribution in [0.25, 0.3) is 0 Å². The van der Waals surface area contributed by atoms with Crippen LogP contribution in [-0.2, 0) is 0 Å². The van der Waals surface area contributed by atoms with Gasteiger partial charge in [-0.3, -0.25) is 4.90 Å². The maximum atomic E-state index is 5.91. The SMILES string of the molecule is Cc1ccccc1OCC(C)N1CCCCC1. The molecule has 2 rings (SSSR count). The first-order chi connectivity index (χ1) is 8.27. The van der Waals surface area contributed by atoms with Gasteiger partial charge in [-0.2, -0.15) is 0 Å². The fraction of sp³-hybridized carbons (Fsp3) is 0.600. The van der Waals surface area contributed by atoms with Crippen LogP contribution in [0.2, 0.25) is 0 Å². The summed E-state index contributed by atoms with van der Waals surface area (Å²) in [5.74, 6) is 1.02. The fourth-order valence-corrected chi connectivity index (χ4v) is 2.39. The maximum Gasteiger partial charge on any atom is 0.122 e. The summed E-state index contributed by atoms with van der Waals surface area (Å²) in [6.45, 7) is 7.63. The van der Waals surface area contributed by atoms with Crippen LogP contribution in [0.5, 0.6) is 5.75 Å². The number of benzene rings is 1. The van der Waals surface area contributed by atoms with Crippen LogP contribution in [-0.4, -0.2) is 30.6 Å². The molecule has 1 fully saturated rings. The Balaban J connectivity index is 1.83. The number of hydrogen-bond donors (Lipinski definition) is 0. The summed E-state index contributed by atoms with van der Waals surface area (Å²) in [6.07, 6.45) is 4.07. The molecule has 2 heteroatoms. The van der Waals surface area contributed by atoms with Crippen LogP contribution in [0, 0.1) is 6.92 Å². The van der Waals surface area contributed by atoms with Crippen molar-refractivity contribution in [1.29, 1.82) is 0 Å². The van der Waals surface area contributed by atoms with Crippen molar-refractivity contribution in [2.45, 2.75) is 39.2 Å². The molecule has 17 heavy (non-hydrogen) atoms. The number of rotatable bonds is 4. The molecule has 0 aromatic heterocycles. The minimum atomic E-state index is 0.523. The lowest BCUT2D eigenvalue weighted by Crippen LogP contribution is -2.40. The van der Waals surface area contributed by atoms with Crippen LogP contribution in [0.4, 0.5) is 0 Å². The van der Waals surface area contributed by atoms with E-state index in [1.54, 1.807) is 0 Å². The van der Waals surface area contributed by atoms with Crippen LogP contribution < -0.4 is 4.74 Å². The van der Waals surface area contributed by atoms with Gasteiger partial charge in [0.15, 0.2) is 0 Å². The second-order valence-corrected chi connectivity index (χ2v) is 5.02. The van der Waals surface area contributed by atoms with E-state index in [4.69, 9.17) is 4.74 Å². The van der Waals surface area contributed by atoms with E-state index in [-0.39, 0.29) is 0 Å². The van der Waals surface area contributed by atoms with Crippen LogP contribution in [0.3, 0.4) is 0 Å². The number of nitrogens with zero attached hydrogens (tertiary/aromatic N) is 1. The number of piperidine rings is 1. The Labute approximate surface area is 105 Å². The van der Waals surface area contributed by atoms with Gasteiger partial charge < -0.3 is 4.74 Å². The maximum absolute atomic E-state index is 5.91. The molecule has 0 amide bonds. The van der Waals surface area contributed by atoms with Gasteiger partial charge in [-0.25, -0.2) is 0 Å². The van der Waals surface area contributed by atoms with E-state index in [0.29, 0.717) is 6.04 Å². The molecule has 1 aromatic carbocycles. The van der Waals surface area contributed by atoms with Gasteiger partial charge in [0.1, 0.15) is 12.4 Å². The smallest absolute Gasteiger partial charge is 0.122 e. The molecular formula is C15H23NO. The van der Waals surface area contributed by atoms with Crippen molar-refractivity contribution in [3.63, 3.8) is 0 Å². The summed E-state index contributed by atoms with van der Waals surface area (Å²) >= 11 is 0. The van der Waals surface area contributed by atoms with Gasteiger partial charge in [0.25, 0.3) is 0 Å². The van der Waals surface area contributed by atoms with Gasteiger partial charge in [-0.15, -0.1) is 0 Å². The summed E-state index contributed by atoms with van der Waals surface area (Å²) in [5, 5.41) is 0. The summed E-state index contributed by atoms with van der Waals surface area (Å²) in [5.41, 5.74) is 1.22. The van der Waals surface area contributed by atoms with E-state index in [2.05, 4.69) is 36.9 Å². The molecule has 1 heterocycles. The second kappa shape index (κ2) is 6.06. The number of likely N-dealkylation sites (tertiary alicyclic amines) is 1. The zero-order valence-corrected chi connectivity index (χ0v) is 11.0. The topological polar surface area (TPSA) is 12.5 Å². The van der Waals surface area contributed by atoms with Crippen LogP contribution in [0.15, 0.2) is 24.3 Å². The van der Waals surface area contributed by atoms with Crippen molar-refractivity contribution in [2.24, 2.45) is 0 Å². The molecule has 1 aromatic rings. The summed E-state index contributed by atoms with van der Waals surface area (Å²) in [7, 11) is 0. The molecule has 0 radical (unpaired) electrons. The first-order valence-electron chi connectivity index (χ1n) is 6.70. The van der Waals surface area contributed by atoms with Crippen molar-refractivity contribution in [2.75, 3.05) is 19.7 Å². The highest BCUT2D eigenvalue weighted by atomic mass is 16.5. The Morgan fingerprint density at radius 2 is 1.88 bits per heavy atom. The Kier molecular flexibility index (Phi) is 4.43. The van der Waals surface area contributed by atoms with E-state index in [9.17, 15) is 0 Å². The lowest BCUT2D eigenvalue weighted by molar-refractivity contribution is 0.125. The Morgan fingerprint density at radius 1 is 1.18 bits per heavy atom. The van der Waals surface area contributed by atoms with Gasteiger partial charge in [-0.05, 0) is 51.4 Å². The third-order valence-corrected chi connectivity index (χ3v) is 3.59. The molecule has 2 nitrogen and oxygen atoms in total. The number of ether oxygens (including phenoxy) is 1. The highest BCUT2D eigenvalue weighted by molar-refractivity contribution is 5.31. The molecule has 0 aliphatic carbocycles. The Hall–Kier alpha value is -1.02. The molecule has 0 bridgehead atoms. The van der Waals surface area contributed by atoms with E-state index in [1.807, 2.05) is 6.07 Å². The van der Waals surface area contributed by atoms with Gasteiger partial charge >= 0.3 is 0 Å². The zero-order valence-electron chi connectivity index (χ0n) is 11.0. The summed E-state index contributed by atoms with van der Waals surface area (Å²) in [6, 6.07) is 8.76. The lowest BCUT2D eigenvalue weighted by atomic mass is 10.1. The summed E-state index contributed by atoms with van der Waals surface area (Å²) in [4.78, 5) is 2.54. The van der Waals surface area contributed by atoms with E-state index >= 15 is 0 Å². The number of hydrogen-bond acceptors (Lipinski definition) is 2. The fourth-order valence-electron chi connectivity index (χ4n) is 2.39. The molecule has 1 aliphatic rings. The van der Waals surface area contributed by atoms with Crippen molar-refractivity contribution < 1.29 is 4.74 Å². The number of aryl methyl sites for hydroxylation is 1. The minimum absolute atomic E-state index is 0.523. The highest BCUT2D eigenvalue weighted by Crippen LogP contribution is 2.18. The van der Waals surface area contributed by atoms with E-state index < -0.39 is 0 Å². The molecule has 1 aliphatic heterocycles. The van der Waals surface area contributed by atoms with Crippen LogP contribution >= 0.6 is 0 Å². The molecule has 0 saturated carbocycles. The van der Waals surface area contributed by atoms with E-state index in [1.165, 1.54) is 37.9 Å². The minimum Gasteiger partial charge on any atom is -0.492 e. The van der Waals surface area contributed by atoms with Crippen molar-refractivity contribution in [3.05, 3.63) is 29.8 Å². The Bertz CT molecular complexity index is 345. The quantitative estimate of drug-likeness (QED) is 0.791. The molecule has 94 valence electrons. The standard InChI is InChI=1S/C15H23NO/c1-13-8-4-5-9-15(13)17-12-14(2)16-10-6-3-7-11-16/h4-5,8-9,14H,3,6-7,10-12H2,1-2H3. The van der Waals surface area contributed by atoms with Crippen LogP contribution in [0.1, 0.15) is 31.7 Å². The molecular weight excluding hydrogens is 210 g/mol. The number of para-hydroxylation sites is 1. The van der Waals surface area contributed by atoms with E-state index in [0.717, 1.165) is 12.4 Å². The third kappa shape index (κ3) is 3.47. The monoisotopic (exact) mass is 233 g/mol. The van der Waals surface area contributed by atoms with Gasteiger partial charge in [-0.1, -0.05) is 24.6 Å². The average Bonchev–Trinajstić information content (AvgIpc) is 2.38. The first-order valence-corrected chi connectivity index (χ1v) is 6.70. The van der Waals surface area contributed by atoms with Crippen molar-refractivity contribution in [3.8, 4) is 5.75 Å². The van der Waals surface area contributed by atoms with Gasteiger partial charge in [0.2, 0.25) is 0 Å².